The molecule has 0 spiro atoms. The first-order chi connectivity index (χ1) is 10.0. The molecule has 4 heterocycles. The number of hydrogen-bond donors (Lipinski definition) is 2. The fraction of sp³-hybridized carbons (Fsp3) is 0.733. The number of aliphatic hydroxyl groups is 1. The van der Waals surface area contributed by atoms with Crippen molar-refractivity contribution in [3.63, 3.8) is 0 Å². The number of hydrogen-bond acceptors (Lipinski definition) is 4. The van der Waals surface area contributed by atoms with Crippen LogP contribution in [0.1, 0.15) is 19.3 Å². The first-order valence-corrected chi connectivity index (χ1v) is 7.73. The summed E-state index contributed by atoms with van der Waals surface area (Å²) in [5.41, 5.74) is -0.109. The van der Waals surface area contributed by atoms with Crippen LogP contribution in [-0.2, 0) is 9.59 Å². The minimum Gasteiger partial charge on any atom is -0.370 e. The van der Waals surface area contributed by atoms with Crippen LogP contribution in [0.25, 0.3) is 0 Å². The summed E-state index contributed by atoms with van der Waals surface area (Å²) in [6.07, 6.45) is 5.16. The second-order valence-electron chi connectivity index (χ2n) is 7.14. The van der Waals surface area contributed by atoms with Gasteiger partial charge in [0.2, 0.25) is 11.8 Å². The van der Waals surface area contributed by atoms with E-state index < -0.39 is 6.23 Å². The molecule has 6 nitrogen and oxygen atoms in total. The van der Waals surface area contributed by atoms with Crippen molar-refractivity contribution in [1.82, 2.24) is 15.1 Å². The van der Waals surface area contributed by atoms with Gasteiger partial charge in [-0.15, -0.1) is 0 Å². The fourth-order valence-corrected chi connectivity index (χ4v) is 4.90. The van der Waals surface area contributed by atoms with Crippen molar-refractivity contribution in [1.29, 1.82) is 0 Å². The third-order valence-electron chi connectivity index (χ3n) is 5.32. The first kappa shape index (κ1) is 13.3. The van der Waals surface area contributed by atoms with Crippen molar-refractivity contribution in [2.45, 2.75) is 31.0 Å². The van der Waals surface area contributed by atoms with Crippen molar-refractivity contribution in [3.8, 4) is 0 Å². The van der Waals surface area contributed by atoms with Gasteiger partial charge in [0.1, 0.15) is 12.8 Å². The number of aliphatic hydroxyl groups excluding tert-OH is 1. The number of piperidine rings is 3. The summed E-state index contributed by atoms with van der Waals surface area (Å²) in [5.74, 6) is 0.945. The van der Waals surface area contributed by atoms with Gasteiger partial charge in [-0.05, 0) is 37.2 Å². The number of carbonyl (C=O) groups excluding carboxylic acids is 2. The highest BCUT2D eigenvalue weighted by molar-refractivity contribution is 5.93. The number of carbonyl (C=O) groups is 2. The standard InChI is InChI=1S/C15H21N3O3/c19-12(8-18-13(20)1-2-14(18)21)16-15-4-10-3-11(5-15)7-17(6-10)9-15/h1-2,10-11,13,20H,3-9H2,(H,16,19)/t10-,11+,13?,15?. The first-order valence-electron chi connectivity index (χ1n) is 7.73. The molecule has 114 valence electrons. The normalized spacial score (nSPS) is 43.7. The average molecular weight is 291 g/mol. The molecule has 1 aliphatic carbocycles. The van der Waals surface area contributed by atoms with E-state index in [0.29, 0.717) is 11.8 Å². The van der Waals surface area contributed by atoms with Crippen molar-refractivity contribution in [3.05, 3.63) is 12.2 Å². The molecule has 0 aromatic heterocycles. The molecule has 4 fully saturated rings. The lowest BCUT2D eigenvalue weighted by atomic mass is 9.64. The van der Waals surface area contributed by atoms with Crippen molar-refractivity contribution >= 4 is 11.8 Å². The quantitative estimate of drug-likeness (QED) is 0.721. The minimum atomic E-state index is -0.969. The Morgan fingerprint density at radius 1 is 1.38 bits per heavy atom. The largest absolute Gasteiger partial charge is 0.370 e. The Kier molecular flexibility index (Phi) is 2.87. The summed E-state index contributed by atoms with van der Waals surface area (Å²) in [6.45, 7) is 3.20. The molecule has 4 bridgehead atoms. The second kappa shape index (κ2) is 4.55. The van der Waals surface area contributed by atoms with Gasteiger partial charge in [0.25, 0.3) is 0 Å². The van der Waals surface area contributed by atoms with Gasteiger partial charge in [-0.3, -0.25) is 9.59 Å². The van der Waals surface area contributed by atoms with E-state index in [-0.39, 0.29) is 23.9 Å². The summed E-state index contributed by atoms with van der Waals surface area (Å²) in [6, 6.07) is 0. The van der Waals surface area contributed by atoms with Crippen LogP contribution in [0, 0.1) is 11.8 Å². The maximum absolute atomic E-state index is 12.3. The van der Waals surface area contributed by atoms with E-state index in [0.717, 1.165) is 19.4 Å². The van der Waals surface area contributed by atoms with E-state index in [1.807, 2.05) is 0 Å². The Labute approximate surface area is 123 Å². The van der Waals surface area contributed by atoms with Crippen LogP contribution in [0.4, 0.5) is 0 Å². The van der Waals surface area contributed by atoms with Crippen LogP contribution in [0.5, 0.6) is 0 Å². The molecule has 5 atom stereocenters. The van der Waals surface area contributed by atoms with Gasteiger partial charge in [-0.2, -0.15) is 0 Å². The molecule has 21 heavy (non-hydrogen) atoms. The summed E-state index contributed by atoms with van der Waals surface area (Å²) < 4.78 is 0. The van der Waals surface area contributed by atoms with Crippen LogP contribution in [-0.4, -0.2) is 64.7 Å². The molecule has 2 N–H and O–H groups in total. The van der Waals surface area contributed by atoms with Crippen LogP contribution >= 0.6 is 0 Å². The van der Waals surface area contributed by atoms with Gasteiger partial charge in [0, 0.05) is 25.7 Å². The van der Waals surface area contributed by atoms with Crippen molar-refractivity contribution in [2.75, 3.05) is 26.2 Å². The average Bonchev–Trinajstić information content (AvgIpc) is 2.68. The SMILES string of the molecule is O=C(CN1C(=O)C=CC1O)NC12C[C@@H]3C[C@@H](CN(C3)C1)C2. The van der Waals surface area contributed by atoms with E-state index in [1.165, 1.54) is 36.6 Å². The van der Waals surface area contributed by atoms with Gasteiger partial charge in [0.15, 0.2) is 0 Å². The number of rotatable bonds is 3. The Morgan fingerprint density at radius 3 is 2.67 bits per heavy atom. The predicted octanol–water partition coefficient (Wildman–Crippen LogP) is -0.696. The van der Waals surface area contributed by atoms with Gasteiger partial charge in [0.05, 0.1) is 5.54 Å². The highest BCUT2D eigenvalue weighted by atomic mass is 16.3. The third kappa shape index (κ3) is 2.26. The van der Waals surface area contributed by atoms with Gasteiger partial charge in [-0.1, -0.05) is 0 Å². The smallest absolute Gasteiger partial charge is 0.249 e. The lowest BCUT2D eigenvalue weighted by Gasteiger charge is -2.58. The Morgan fingerprint density at radius 2 is 2.10 bits per heavy atom. The lowest BCUT2D eigenvalue weighted by Crippen LogP contribution is -2.69. The van der Waals surface area contributed by atoms with E-state index >= 15 is 0 Å². The maximum atomic E-state index is 12.3. The van der Waals surface area contributed by atoms with Gasteiger partial charge in [-0.25, -0.2) is 0 Å². The molecule has 5 aliphatic rings. The fourth-order valence-electron chi connectivity index (χ4n) is 4.90. The molecule has 4 aliphatic heterocycles. The van der Waals surface area contributed by atoms with Gasteiger partial charge < -0.3 is 20.2 Å². The lowest BCUT2D eigenvalue weighted by molar-refractivity contribution is -0.140. The summed E-state index contributed by atoms with van der Waals surface area (Å²) in [5, 5.41) is 12.8. The molecule has 0 radical (unpaired) electrons. The van der Waals surface area contributed by atoms with E-state index in [9.17, 15) is 14.7 Å². The predicted molar refractivity (Wildman–Crippen MR) is 75.0 cm³/mol. The molecule has 2 amide bonds. The van der Waals surface area contributed by atoms with Crippen LogP contribution in [0.15, 0.2) is 12.2 Å². The summed E-state index contributed by atoms with van der Waals surface area (Å²) in [4.78, 5) is 27.5. The van der Waals surface area contributed by atoms with Crippen LogP contribution < -0.4 is 5.32 Å². The van der Waals surface area contributed by atoms with E-state index in [1.54, 1.807) is 0 Å². The zero-order valence-electron chi connectivity index (χ0n) is 12.0. The molecular formula is C15H21N3O3. The monoisotopic (exact) mass is 291 g/mol. The Bertz CT molecular complexity index is 481. The van der Waals surface area contributed by atoms with E-state index in [4.69, 9.17) is 0 Å². The maximum Gasteiger partial charge on any atom is 0.249 e. The Balaban J connectivity index is 1.42. The molecule has 1 saturated carbocycles. The number of nitrogens with zero attached hydrogens (tertiary/aromatic N) is 2. The zero-order chi connectivity index (χ0) is 14.6. The topological polar surface area (TPSA) is 72.9 Å². The molecule has 6 heteroatoms. The minimum absolute atomic E-state index is 0.0654. The molecular weight excluding hydrogens is 270 g/mol. The highest BCUT2D eigenvalue weighted by Gasteiger charge is 2.50. The molecule has 0 aromatic carbocycles. The van der Waals surface area contributed by atoms with Crippen LogP contribution in [0.3, 0.4) is 0 Å². The molecule has 5 rings (SSSR count). The van der Waals surface area contributed by atoms with Crippen LogP contribution in [0.2, 0.25) is 0 Å². The third-order valence-corrected chi connectivity index (χ3v) is 5.32. The highest BCUT2D eigenvalue weighted by Crippen LogP contribution is 2.45. The zero-order valence-corrected chi connectivity index (χ0v) is 12.0. The number of amides is 2. The summed E-state index contributed by atoms with van der Waals surface area (Å²) >= 11 is 0. The summed E-state index contributed by atoms with van der Waals surface area (Å²) in [7, 11) is 0. The van der Waals surface area contributed by atoms with Crippen molar-refractivity contribution in [2.24, 2.45) is 11.8 Å². The van der Waals surface area contributed by atoms with Gasteiger partial charge >= 0.3 is 0 Å². The number of nitrogens with one attached hydrogen (secondary N) is 1. The molecule has 0 aromatic rings. The van der Waals surface area contributed by atoms with E-state index in [2.05, 4.69) is 10.2 Å². The van der Waals surface area contributed by atoms with Crippen molar-refractivity contribution < 1.29 is 14.7 Å². The molecule has 3 unspecified atom stereocenters. The second-order valence-corrected chi connectivity index (χ2v) is 7.14. The molecule has 3 saturated heterocycles. The Hall–Kier alpha value is -1.40.